The fraction of sp³-hybridized carbons (Fsp3) is 0.389. The molecule has 1 fully saturated rings. The molecule has 1 saturated heterocycles. The number of hydrogen-bond donors (Lipinski definition) is 2. The first-order valence-corrected chi connectivity index (χ1v) is 16.4. The van der Waals surface area contributed by atoms with E-state index in [9.17, 15) is 4.79 Å². The summed E-state index contributed by atoms with van der Waals surface area (Å²) in [6.45, 7) is 12.0. The Labute approximate surface area is 272 Å². The van der Waals surface area contributed by atoms with E-state index in [1.165, 1.54) is 5.56 Å². The Balaban J connectivity index is 1.16. The van der Waals surface area contributed by atoms with E-state index in [0.29, 0.717) is 36.5 Å². The van der Waals surface area contributed by atoms with E-state index in [0.717, 1.165) is 81.2 Å². The molecule has 0 unspecified atom stereocenters. The summed E-state index contributed by atoms with van der Waals surface area (Å²) in [5.41, 5.74) is 6.20. The number of nitrogens with one attached hydrogen (secondary N) is 2. The lowest BCUT2D eigenvalue weighted by molar-refractivity contribution is 0.0988. The lowest BCUT2D eigenvalue weighted by Gasteiger charge is -2.32. The third kappa shape index (κ3) is 7.63. The Morgan fingerprint density at radius 2 is 1.63 bits per heavy atom. The van der Waals surface area contributed by atoms with Gasteiger partial charge in [-0.05, 0) is 80.8 Å². The molecule has 0 atom stereocenters. The average Bonchev–Trinajstić information content (AvgIpc) is 3.08. The summed E-state index contributed by atoms with van der Waals surface area (Å²) < 4.78 is 0. The summed E-state index contributed by atoms with van der Waals surface area (Å²) >= 11 is 0. The summed E-state index contributed by atoms with van der Waals surface area (Å²) in [5.74, 6) is 1.72. The minimum absolute atomic E-state index is 0.0104. The molecule has 4 aromatic rings. The highest BCUT2D eigenvalue weighted by molar-refractivity contribution is 6.06. The van der Waals surface area contributed by atoms with Gasteiger partial charge in [0.1, 0.15) is 0 Å². The predicted molar refractivity (Wildman–Crippen MR) is 186 cm³/mol. The first-order chi connectivity index (χ1) is 22.5. The fourth-order valence-corrected chi connectivity index (χ4v) is 6.12. The van der Waals surface area contributed by atoms with Crippen LogP contribution in [0.1, 0.15) is 40.4 Å². The number of aromatic nitrogens is 3. The van der Waals surface area contributed by atoms with Crippen LogP contribution in [0, 0.1) is 6.92 Å². The van der Waals surface area contributed by atoms with E-state index in [4.69, 9.17) is 15.0 Å². The van der Waals surface area contributed by atoms with Gasteiger partial charge in [-0.25, -0.2) is 0 Å². The Hall–Kier alpha value is -4.54. The van der Waals surface area contributed by atoms with Crippen molar-refractivity contribution in [2.75, 3.05) is 79.8 Å². The maximum absolute atomic E-state index is 13.4. The average molecular weight is 620 g/mol. The number of likely N-dealkylation sites (N-methyl/N-ethyl adjacent to an activating group) is 1. The Morgan fingerprint density at radius 1 is 0.870 bits per heavy atom. The number of rotatable bonds is 11. The molecule has 3 heterocycles. The van der Waals surface area contributed by atoms with Crippen molar-refractivity contribution >= 4 is 35.1 Å². The predicted octanol–water partition coefficient (Wildman–Crippen LogP) is 5.20. The molecule has 3 aromatic carbocycles. The molecule has 10 nitrogen and oxygen atoms in total. The molecule has 0 radical (unpaired) electrons. The number of nitrogens with zero attached hydrogens (tertiary/aromatic N) is 7. The molecule has 0 aliphatic carbocycles. The van der Waals surface area contributed by atoms with Crippen LogP contribution in [0.25, 0.3) is 0 Å². The molecule has 46 heavy (non-hydrogen) atoms. The monoisotopic (exact) mass is 619 g/mol. The molecule has 0 bridgehead atoms. The molecule has 1 aromatic heterocycles. The van der Waals surface area contributed by atoms with Gasteiger partial charge in [0.25, 0.3) is 5.91 Å². The van der Waals surface area contributed by atoms with Gasteiger partial charge in [-0.1, -0.05) is 42.5 Å². The molecule has 6 rings (SSSR count). The van der Waals surface area contributed by atoms with Crippen molar-refractivity contribution in [3.05, 3.63) is 95.1 Å². The van der Waals surface area contributed by atoms with E-state index in [2.05, 4.69) is 56.6 Å². The Kier molecular flexibility index (Phi) is 10.0. The maximum Gasteiger partial charge on any atom is 0.258 e. The van der Waals surface area contributed by atoms with Gasteiger partial charge in [-0.2, -0.15) is 15.0 Å². The van der Waals surface area contributed by atoms with Gasteiger partial charge in [-0.3, -0.25) is 9.69 Å². The van der Waals surface area contributed by atoms with Crippen LogP contribution in [-0.4, -0.2) is 90.1 Å². The first kappa shape index (κ1) is 31.4. The molecule has 2 N–H and O–H groups in total. The smallest absolute Gasteiger partial charge is 0.258 e. The number of benzene rings is 3. The van der Waals surface area contributed by atoms with E-state index >= 15 is 0 Å². The van der Waals surface area contributed by atoms with Gasteiger partial charge >= 0.3 is 0 Å². The molecular weight excluding hydrogens is 574 g/mol. The standard InChI is InChI=1S/C36H45N9O/c1-4-44(31-12-7-9-27(2)25-31)33(46)30-16-14-28(15-17-30)26-38-35-39-34(37-18-20-43-23-21-42(3)22-24-43)40-36(41-35)45-19-8-11-29-10-5-6-13-32(29)45/h5-7,9-10,12-17,25H,4,8,11,18-24,26H2,1-3H3,(H2,37,38,39,40,41). The zero-order chi connectivity index (χ0) is 31.9. The van der Waals surface area contributed by atoms with E-state index < -0.39 is 0 Å². The summed E-state index contributed by atoms with van der Waals surface area (Å²) in [5, 5.41) is 6.90. The number of aryl methyl sites for hydroxylation is 2. The zero-order valence-electron chi connectivity index (χ0n) is 27.2. The maximum atomic E-state index is 13.4. The van der Waals surface area contributed by atoms with Crippen molar-refractivity contribution < 1.29 is 4.79 Å². The molecule has 0 saturated carbocycles. The highest BCUT2D eigenvalue weighted by Gasteiger charge is 2.22. The van der Waals surface area contributed by atoms with Gasteiger partial charge in [-0.15, -0.1) is 0 Å². The van der Waals surface area contributed by atoms with Crippen molar-refractivity contribution in [1.29, 1.82) is 0 Å². The van der Waals surface area contributed by atoms with Crippen LogP contribution in [0.4, 0.5) is 29.2 Å². The number of carbonyl (C=O) groups is 1. The molecule has 0 spiro atoms. The lowest BCUT2D eigenvalue weighted by Crippen LogP contribution is -2.45. The zero-order valence-corrected chi connectivity index (χ0v) is 27.2. The van der Waals surface area contributed by atoms with Gasteiger partial charge in [0.15, 0.2) is 0 Å². The number of anilines is 5. The fourth-order valence-electron chi connectivity index (χ4n) is 6.12. The lowest BCUT2D eigenvalue weighted by atomic mass is 10.0. The van der Waals surface area contributed by atoms with Crippen LogP contribution < -0.4 is 20.4 Å². The minimum atomic E-state index is -0.0104. The van der Waals surface area contributed by atoms with Crippen molar-refractivity contribution in [2.45, 2.75) is 33.2 Å². The number of amides is 1. The molecule has 2 aliphatic heterocycles. The van der Waals surface area contributed by atoms with Crippen molar-refractivity contribution in [2.24, 2.45) is 0 Å². The van der Waals surface area contributed by atoms with E-state index in [-0.39, 0.29) is 5.91 Å². The second kappa shape index (κ2) is 14.7. The number of fused-ring (bicyclic) bond motifs is 1. The first-order valence-electron chi connectivity index (χ1n) is 16.4. The normalized spacial score (nSPS) is 15.3. The van der Waals surface area contributed by atoms with Gasteiger partial charge in [0.05, 0.1) is 0 Å². The highest BCUT2D eigenvalue weighted by atomic mass is 16.2. The van der Waals surface area contributed by atoms with Crippen LogP contribution in [0.15, 0.2) is 72.8 Å². The third-order valence-electron chi connectivity index (χ3n) is 8.81. The summed E-state index contributed by atoms with van der Waals surface area (Å²) in [4.78, 5) is 36.7. The highest BCUT2D eigenvalue weighted by Crippen LogP contribution is 2.32. The van der Waals surface area contributed by atoms with Crippen LogP contribution in [0.5, 0.6) is 0 Å². The van der Waals surface area contributed by atoms with Gasteiger partial charge in [0.2, 0.25) is 17.8 Å². The molecule has 1 amide bonds. The second-order valence-corrected chi connectivity index (χ2v) is 12.2. The van der Waals surface area contributed by atoms with Crippen molar-refractivity contribution in [3.63, 3.8) is 0 Å². The Morgan fingerprint density at radius 3 is 2.39 bits per heavy atom. The minimum Gasteiger partial charge on any atom is -0.353 e. The molecule has 2 aliphatic rings. The van der Waals surface area contributed by atoms with E-state index in [1.807, 2.05) is 67.3 Å². The summed E-state index contributed by atoms with van der Waals surface area (Å²) in [6, 6.07) is 24.3. The number of carbonyl (C=O) groups excluding carboxylic acids is 1. The van der Waals surface area contributed by atoms with Gasteiger partial charge in [0, 0.05) is 75.8 Å². The molecular formula is C36H45N9O. The Bertz CT molecular complexity index is 1620. The molecule has 240 valence electrons. The van der Waals surface area contributed by atoms with Crippen LogP contribution in [0.3, 0.4) is 0 Å². The summed E-state index contributed by atoms with van der Waals surface area (Å²) in [7, 11) is 2.18. The van der Waals surface area contributed by atoms with Crippen molar-refractivity contribution in [1.82, 2.24) is 24.8 Å². The SMILES string of the molecule is CCN(C(=O)c1ccc(CNc2nc(NCCN3CCN(C)CC3)nc(N3CCCc4ccccc43)n2)cc1)c1cccc(C)c1. The van der Waals surface area contributed by atoms with Crippen LogP contribution in [0.2, 0.25) is 0 Å². The second-order valence-electron chi connectivity index (χ2n) is 12.2. The van der Waals surface area contributed by atoms with Crippen molar-refractivity contribution in [3.8, 4) is 0 Å². The quantitative estimate of drug-likeness (QED) is 0.235. The topological polar surface area (TPSA) is 92.8 Å². The third-order valence-corrected chi connectivity index (χ3v) is 8.81. The van der Waals surface area contributed by atoms with Crippen LogP contribution in [-0.2, 0) is 13.0 Å². The van der Waals surface area contributed by atoms with E-state index in [1.54, 1.807) is 0 Å². The number of piperazine rings is 1. The number of hydrogen-bond acceptors (Lipinski definition) is 9. The number of para-hydroxylation sites is 1. The summed E-state index contributed by atoms with van der Waals surface area (Å²) in [6.07, 6.45) is 2.10. The van der Waals surface area contributed by atoms with Gasteiger partial charge < -0.3 is 25.3 Å². The molecule has 10 heteroatoms. The largest absolute Gasteiger partial charge is 0.353 e. The van der Waals surface area contributed by atoms with Crippen LogP contribution >= 0.6 is 0 Å².